The molecule has 1 heterocycles. The van der Waals surface area contributed by atoms with Gasteiger partial charge >= 0.3 is 0 Å². The Labute approximate surface area is 69.2 Å². The molecule has 0 aliphatic carbocycles. The molecule has 1 rings (SSSR count). The van der Waals surface area contributed by atoms with Gasteiger partial charge < -0.3 is 4.74 Å². The lowest BCUT2D eigenvalue weighted by Crippen LogP contribution is -2.38. The van der Waals surface area contributed by atoms with Crippen LogP contribution in [0.4, 0.5) is 0 Å². The molecule has 1 aliphatic heterocycles. The van der Waals surface area contributed by atoms with Crippen LogP contribution in [-0.2, 0) is 4.74 Å². The molecule has 0 amide bonds. The van der Waals surface area contributed by atoms with Gasteiger partial charge in [-0.25, -0.2) is 0 Å². The molecule has 0 atom stereocenters. The third-order valence-corrected chi connectivity index (χ3v) is 1.95. The van der Waals surface area contributed by atoms with Crippen molar-refractivity contribution in [2.75, 3.05) is 13.2 Å². The Morgan fingerprint density at radius 1 is 1.36 bits per heavy atom. The summed E-state index contributed by atoms with van der Waals surface area (Å²) in [5.41, 5.74) is -0.182. The van der Waals surface area contributed by atoms with Crippen LogP contribution in [-0.4, -0.2) is 13.2 Å². The van der Waals surface area contributed by atoms with Crippen LogP contribution in [0.3, 0.4) is 0 Å². The van der Waals surface area contributed by atoms with Gasteiger partial charge in [0.25, 0.3) is 0 Å². The van der Waals surface area contributed by atoms with E-state index in [0.29, 0.717) is 5.92 Å². The normalized spacial score (nSPS) is 17.4. The van der Waals surface area contributed by atoms with Crippen molar-refractivity contribution < 1.29 is 4.74 Å². The largest absolute Gasteiger partial charge is 0.381 e. The fourth-order valence-corrected chi connectivity index (χ4v) is 0.744. The quantitative estimate of drug-likeness (QED) is 0.581. The molecule has 11 heavy (non-hydrogen) atoms. The number of nitrogens with zero attached hydrogens (tertiary/aromatic N) is 1. The van der Waals surface area contributed by atoms with E-state index in [1.165, 1.54) is 0 Å². The number of hydrogen-bond acceptors (Lipinski definition) is 2. The first-order valence-corrected chi connectivity index (χ1v) is 4.16. The highest BCUT2D eigenvalue weighted by Crippen LogP contribution is 2.31. The van der Waals surface area contributed by atoms with Crippen molar-refractivity contribution in [3.05, 3.63) is 0 Å². The molecule has 1 aliphatic rings. The zero-order valence-corrected chi connectivity index (χ0v) is 7.85. The predicted molar refractivity (Wildman–Crippen MR) is 45.1 cm³/mol. The van der Waals surface area contributed by atoms with E-state index in [-0.39, 0.29) is 5.41 Å². The molecular formula is C9H17NO. The minimum atomic E-state index is -0.182. The Bertz CT molecular complexity index is 142. The Hall–Kier alpha value is -0.550. The van der Waals surface area contributed by atoms with Gasteiger partial charge in [0.1, 0.15) is 0 Å². The molecule has 0 bridgehead atoms. The SMILES string of the molecule is CC.CC(C)(C#N)C1COC1. The lowest BCUT2D eigenvalue weighted by molar-refractivity contribution is -0.0713. The first kappa shape index (κ1) is 10.4. The smallest absolute Gasteiger partial charge is 0.0688 e. The van der Waals surface area contributed by atoms with Crippen LogP contribution in [0.1, 0.15) is 27.7 Å². The van der Waals surface area contributed by atoms with E-state index in [9.17, 15) is 0 Å². The van der Waals surface area contributed by atoms with Crippen LogP contribution in [0, 0.1) is 22.7 Å². The summed E-state index contributed by atoms with van der Waals surface area (Å²) in [4.78, 5) is 0. The molecule has 0 aromatic carbocycles. The maximum atomic E-state index is 8.62. The lowest BCUT2D eigenvalue weighted by atomic mass is 9.79. The predicted octanol–water partition coefficient (Wildman–Crippen LogP) is 2.21. The Morgan fingerprint density at radius 2 is 1.82 bits per heavy atom. The number of ether oxygens (including phenoxy) is 1. The highest BCUT2D eigenvalue weighted by atomic mass is 16.5. The highest BCUT2D eigenvalue weighted by molar-refractivity contribution is 4.98. The van der Waals surface area contributed by atoms with E-state index in [0.717, 1.165) is 13.2 Å². The van der Waals surface area contributed by atoms with Gasteiger partial charge in [-0.2, -0.15) is 5.26 Å². The molecule has 0 aromatic rings. The monoisotopic (exact) mass is 155 g/mol. The molecule has 0 unspecified atom stereocenters. The zero-order valence-electron chi connectivity index (χ0n) is 7.85. The third kappa shape index (κ3) is 2.51. The average molecular weight is 155 g/mol. The van der Waals surface area contributed by atoms with Crippen LogP contribution in [0.5, 0.6) is 0 Å². The van der Waals surface area contributed by atoms with Crippen LogP contribution in [0.2, 0.25) is 0 Å². The van der Waals surface area contributed by atoms with Gasteiger partial charge in [-0.15, -0.1) is 0 Å². The summed E-state index contributed by atoms with van der Waals surface area (Å²) in [5, 5.41) is 8.62. The van der Waals surface area contributed by atoms with Crippen molar-refractivity contribution in [1.82, 2.24) is 0 Å². The summed E-state index contributed by atoms with van der Waals surface area (Å²) in [6.45, 7) is 9.45. The molecule has 0 saturated carbocycles. The highest BCUT2D eigenvalue weighted by Gasteiger charge is 2.34. The van der Waals surface area contributed by atoms with E-state index in [4.69, 9.17) is 10.00 Å². The maximum absolute atomic E-state index is 8.62. The van der Waals surface area contributed by atoms with Gasteiger partial charge in [-0.1, -0.05) is 13.8 Å². The second-order valence-electron chi connectivity index (χ2n) is 3.07. The summed E-state index contributed by atoms with van der Waals surface area (Å²) in [5.74, 6) is 0.461. The Balaban J connectivity index is 0.000000461. The van der Waals surface area contributed by atoms with Crippen LogP contribution >= 0.6 is 0 Å². The summed E-state index contributed by atoms with van der Waals surface area (Å²) in [6, 6.07) is 2.26. The van der Waals surface area contributed by atoms with Gasteiger partial charge in [-0.05, 0) is 13.8 Å². The molecule has 0 N–H and O–H groups in total. The van der Waals surface area contributed by atoms with E-state index in [1.54, 1.807) is 0 Å². The molecule has 64 valence electrons. The van der Waals surface area contributed by atoms with Crippen LogP contribution < -0.4 is 0 Å². The standard InChI is InChI=1S/C7H11NO.C2H6/c1-7(2,5-8)6-3-9-4-6;1-2/h6H,3-4H2,1-2H3;1-2H3. The summed E-state index contributed by atoms with van der Waals surface area (Å²) < 4.78 is 4.97. The molecular weight excluding hydrogens is 138 g/mol. The zero-order chi connectivity index (χ0) is 8.91. The van der Waals surface area contributed by atoms with E-state index >= 15 is 0 Å². The van der Waals surface area contributed by atoms with E-state index < -0.39 is 0 Å². The average Bonchev–Trinajstić information content (AvgIpc) is 1.88. The van der Waals surface area contributed by atoms with Crippen molar-refractivity contribution in [2.45, 2.75) is 27.7 Å². The van der Waals surface area contributed by atoms with Crippen molar-refractivity contribution in [1.29, 1.82) is 5.26 Å². The topological polar surface area (TPSA) is 33.0 Å². The fraction of sp³-hybridized carbons (Fsp3) is 0.889. The number of hydrogen-bond donors (Lipinski definition) is 0. The minimum absolute atomic E-state index is 0.182. The van der Waals surface area contributed by atoms with Crippen molar-refractivity contribution >= 4 is 0 Å². The fourth-order valence-electron chi connectivity index (χ4n) is 0.744. The molecule has 0 spiro atoms. The molecule has 2 nitrogen and oxygen atoms in total. The van der Waals surface area contributed by atoms with Gasteiger partial charge in [0.05, 0.1) is 24.7 Å². The van der Waals surface area contributed by atoms with Gasteiger partial charge in [0.15, 0.2) is 0 Å². The number of rotatable bonds is 1. The van der Waals surface area contributed by atoms with Crippen molar-refractivity contribution in [2.24, 2.45) is 11.3 Å². The number of nitriles is 1. The lowest BCUT2D eigenvalue weighted by Gasteiger charge is -2.34. The Kier molecular flexibility index (Phi) is 4.14. The molecule has 1 saturated heterocycles. The summed E-state index contributed by atoms with van der Waals surface area (Å²) in [6.07, 6.45) is 0. The molecule has 2 heteroatoms. The van der Waals surface area contributed by atoms with E-state index in [2.05, 4.69) is 6.07 Å². The first-order valence-electron chi connectivity index (χ1n) is 4.16. The molecule has 0 aromatic heterocycles. The first-order chi connectivity index (χ1) is 5.17. The second-order valence-corrected chi connectivity index (χ2v) is 3.07. The van der Waals surface area contributed by atoms with E-state index in [1.807, 2.05) is 27.7 Å². The minimum Gasteiger partial charge on any atom is -0.381 e. The van der Waals surface area contributed by atoms with Crippen LogP contribution in [0.25, 0.3) is 0 Å². The molecule has 0 radical (unpaired) electrons. The summed E-state index contributed by atoms with van der Waals surface area (Å²) in [7, 11) is 0. The van der Waals surface area contributed by atoms with Crippen molar-refractivity contribution in [3.8, 4) is 6.07 Å². The van der Waals surface area contributed by atoms with Gasteiger partial charge in [0.2, 0.25) is 0 Å². The third-order valence-electron chi connectivity index (χ3n) is 1.95. The van der Waals surface area contributed by atoms with Crippen LogP contribution in [0.15, 0.2) is 0 Å². The van der Waals surface area contributed by atoms with Crippen molar-refractivity contribution in [3.63, 3.8) is 0 Å². The van der Waals surface area contributed by atoms with Gasteiger partial charge in [0, 0.05) is 5.92 Å². The second kappa shape index (κ2) is 4.35. The Morgan fingerprint density at radius 3 is 1.91 bits per heavy atom. The summed E-state index contributed by atoms with van der Waals surface area (Å²) >= 11 is 0. The van der Waals surface area contributed by atoms with Gasteiger partial charge in [-0.3, -0.25) is 0 Å². The molecule has 1 fully saturated rings. The maximum Gasteiger partial charge on any atom is 0.0688 e.